The van der Waals surface area contributed by atoms with E-state index in [9.17, 15) is 9.18 Å². The van der Waals surface area contributed by atoms with Crippen LogP contribution in [0.25, 0.3) is 0 Å². The number of halogens is 2. The maximum atomic E-state index is 13.5. The summed E-state index contributed by atoms with van der Waals surface area (Å²) in [7, 11) is 0. The largest absolute Gasteiger partial charge is 0.298 e. The van der Waals surface area contributed by atoms with Crippen LogP contribution in [0.15, 0.2) is 18.2 Å². The van der Waals surface area contributed by atoms with Crippen molar-refractivity contribution in [3.05, 3.63) is 34.6 Å². The lowest BCUT2D eigenvalue weighted by molar-refractivity contribution is -0.116. The van der Waals surface area contributed by atoms with E-state index in [1.54, 1.807) is 23.9 Å². The molecule has 0 unspecified atom stereocenters. The average molecular weight is 261 g/mol. The van der Waals surface area contributed by atoms with Gasteiger partial charge in [0, 0.05) is 6.42 Å². The van der Waals surface area contributed by atoms with Gasteiger partial charge in [0.2, 0.25) is 0 Å². The third kappa shape index (κ3) is 4.14. The number of benzene rings is 1. The van der Waals surface area contributed by atoms with Gasteiger partial charge in [0.15, 0.2) is 0 Å². The number of hydrogen-bond donors (Lipinski definition) is 0. The van der Waals surface area contributed by atoms with Gasteiger partial charge in [-0.2, -0.15) is 11.8 Å². The van der Waals surface area contributed by atoms with Crippen LogP contribution in [0, 0.1) is 5.82 Å². The summed E-state index contributed by atoms with van der Waals surface area (Å²) in [5.74, 6) is 0.974. The van der Waals surface area contributed by atoms with Crippen LogP contribution >= 0.6 is 23.4 Å². The Kier molecular flexibility index (Phi) is 5.85. The van der Waals surface area contributed by atoms with Gasteiger partial charge in [-0.25, -0.2) is 4.39 Å². The second-order valence-electron chi connectivity index (χ2n) is 3.48. The lowest BCUT2D eigenvalue weighted by atomic mass is 10.1. The topological polar surface area (TPSA) is 17.1 Å². The van der Waals surface area contributed by atoms with E-state index in [1.807, 2.05) is 0 Å². The highest BCUT2D eigenvalue weighted by molar-refractivity contribution is 7.99. The summed E-state index contributed by atoms with van der Waals surface area (Å²) in [4.78, 5) is 11.5. The molecule has 0 saturated carbocycles. The molecule has 0 amide bonds. The number of thioether (sulfide) groups is 1. The molecule has 0 aromatic heterocycles. The lowest BCUT2D eigenvalue weighted by Gasteiger charge is -2.03. The molecule has 16 heavy (non-hydrogen) atoms. The van der Waals surface area contributed by atoms with Crippen molar-refractivity contribution in [2.75, 3.05) is 11.5 Å². The van der Waals surface area contributed by atoms with Crippen molar-refractivity contribution in [3.63, 3.8) is 0 Å². The van der Waals surface area contributed by atoms with Crippen molar-refractivity contribution < 1.29 is 9.18 Å². The first kappa shape index (κ1) is 13.5. The van der Waals surface area contributed by atoms with Crippen LogP contribution in [0.5, 0.6) is 0 Å². The monoisotopic (exact) mass is 260 g/mol. The molecular weight excluding hydrogens is 247 g/mol. The molecule has 1 nitrogen and oxygen atoms in total. The molecule has 0 aliphatic carbocycles. The second-order valence-corrected chi connectivity index (χ2v) is 4.99. The molecule has 1 aromatic rings. The molecule has 0 fully saturated rings. The summed E-state index contributed by atoms with van der Waals surface area (Å²) in [6.07, 6.45) is 1.17. The first-order valence-electron chi connectivity index (χ1n) is 5.17. The van der Waals surface area contributed by atoms with Crippen molar-refractivity contribution in [2.24, 2.45) is 0 Å². The van der Waals surface area contributed by atoms with Crippen LogP contribution in [0.2, 0.25) is 5.02 Å². The van der Waals surface area contributed by atoms with E-state index in [4.69, 9.17) is 11.6 Å². The molecule has 0 heterocycles. The Morgan fingerprint density at radius 1 is 1.50 bits per heavy atom. The van der Waals surface area contributed by atoms with Crippen LogP contribution in [0.4, 0.5) is 4.39 Å². The molecule has 0 N–H and O–H groups in total. The molecule has 4 heteroatoms. The molecule has 0 aliphatic rings. The van der Waals surface area contributed by atoms with Crippen LogP contribution in [-0.2, 0) is 11.2 Å². The predicted molar refractivity (Wildman–Crippen MR) is 67.7 cm³/mol. The SMILES string of the molecule is CCCSCC(=O)Cc1cccc(Cl)c1F. The Hall–Kier alpha value is -0.540. The lowest BCUT2D eigenvalue weighted by Crippen LogP contribution is -2.07. The third-order valence-corrected chi connectivity index (χ3v) is 3.55. The molecule has 1 aromatic carbocycles. The summed E-state index contributed by atoms with van der Waals surface area (Å²) in [6.45, 7) is 2.06. The number of ketones is 1. The molecule has 0 atom stereocenters. The zero-order chi connectivity index (χ0) is 12.0. The number of carbonyl (C=O) groups is 1. The van der Waals surface area contributed by atoms with E-state index < -0.39 is 5.82 Å². The minimum atomic E-state index is -0.474. The van der Waals surface area contributed by atoms with Crippen molar-refractivity contribution in [2.45, 2.75) is 19.8 Å². The van der Waals surface area contributed by atoms with E-state index in [-0.39, 0.29) is 17.2 Å². The zero-order valence-corrected chi connectivity index (χ0v) is 10.7. The van der Waals surface area contributed by atoms with E-state index >= 15 is 0 Å². The molecule has 88 valence electrons. The minimum Gasteiger partial charge on any atom is -0.298 e. The van der Waals surface area contributed by atoms with Crippen LogP contribution < -0.4 is 0 Å². The van der Waals surface area contributed by atoms with Gasteiger partial charge < -0.3 is 0 Å². The average Bonchev–Trinajstić information content (AvgIpc) is 2.25. The van der Waals surface area contributed by atoms with Crippen molar-refractivity contribution >= 4 is 29.1 Å². The number of hydrogen-bond acceptors (Lipinski definition) is 2. The Bertz CT molecular complexity index is 368. The quantitative estimate of drug-likeness (QED) is 0.725. The van der Waals surface area contributed by atoms with E-state index in [1.165, 1.54) is 6.07 Å². The van der Waals surface area contributed by atoms with Gasteiger partial charge in [0.1, 0.15) is 11.6 Å². The number of rotatable bonds is 6. The van der Waals surface area contributed by atoms with E-state index in [0.717, 1.165) is 12.2 Å². The Morgan fingerprint density at radius 2 is 2.25 bits per heavy atom. The van der Waals surface area contributed by atoms with Crippen LogP contribution in [0.1, 0.15) is 18.9 Å². The Balaban J connectivity index is 2.53. The van der Waals surface area contributed by atoms with E-state index in [2.05, 4.69) is 6.92 Å². The van der Waals surface area contributed by atoms with Crippen molar-refractivity contribution in [1.29, 1.82) is 0 Å². The molecule has 1 rings (SSSR count). The summed E-state index contributed by atoms with van der Waals surface area (Å²) < 4.78 is 13.5. The Morgan fingerprint density at radius 3 is 2.94 bits per heavy atom. The molecule has 0 saturated heterocycles. The summed E-state index contributed by atoms with van der Waals surface area (Å²) >= 11 is 7.22. The van der Waals surface area contributed by atoms with Crippen LogP contribution in [-0.4, -0.2) is 17.3 Å². The van der Waals surface area contributed by atoms with Gasteiger partial charge in [-0.15, -0.1) is 0 Å². The standard InChI is InChI=1S/C12H14ClFOS/c1-2-6-16-8-10(15)7-9-4-3-5-11(13)12(9)14/h3-5H,2,6-8H2,1H3. The maximum Gasteiger partial charge on any atom is 0.147 e. The van der Waals surface area contributed by atoms with Gasteiger partial charge in [-0.1, -0.05) is 30.7 Å². The van der Waals surface area contributed by atoms with Gasteiger partial charge >= 0.3 is 0 Å². The van der Waals surface area contributed by atoms with Crippen molar-refractivity contribution in [1.82, 2.24) is 0 Å². The highest BCUT2D eigenvalue weighted by Crippen LogP contribution is 2.18. The number of Topliss-reactive ketones (excluding diaryl/α,β-unsaturated/α-hetero) is 1. The second kappa shape index (κ2) is 6.92. The van der Waals surface area contributed by atoms with Crippen molar-refractivity contribution in [3.8, 4) is 0 Å². The third-order valence-electron chi connectivity index (χ3n) is 2.03. The highest BCUT2D eigenvalue weighted by atomic mass is 35.5. The predicted octanol–water partition coefficient (Wildman–Crippen LogP) is 3.73. The maximum absolute atomic E-state index is 13.5. The summed E-state index contributed by atoms with van der Waals surface area (Å²) in [5, 5.41) is 0.0755. The first-order valence-corrected chi connectivity index (χ1v) is 6.70. The molecule has 0 bridgehead atoms. The Labute approximate surface area is 104 Å². The summed E-state index contributed by atoms with van der Waals surface area (Å²) in [6, 6.07) is 4.74. The molecular formula is C12H14ClFOS. The van der Waals surface area contributed by atoms with Crippen LogP contribution in [0.3, 0.4) is 0 Å². The molecule has 0 aliphatic heterocycles. The zero-order valence-electron chi connectivity index (χ0n) is 9.13. The highest BCUT2D eigenvalue weighted by Gasteiger charge is 2.10. The van der Waals surface area contributed by atoms with Gasteiger partial charge in [-0.3, -0.25) is 4.79 Å². The fourth-order valence-electron chi connectivity index (χ4n) is 1.28. The van der Waals surface area contributed by atoms with E-state index in [0.29, 0.717) is 11.3 Å². The minimum absolute atomic E-state index is 0.0413. The molecule has 0 radical (unpaired) electrons. The fourth-order valence-corrected chi connectivity index (χ4v) is 2.24. The summed E-state index contributed by atoms with van der Waals surface area (Å²) in [5.41, 5.74) is 0.384. The molecule has 0 spiro atoms. The van der Waals surface area contributed by atoms with Gasteiger partial charge in [0.05, 0.1) is 10.8 Å². The van der Waals surface area contributed by atoms with Gasteiger partial charge in [0.25, 0.3) is 0 Å². The fraction of sp³-hybridized carbons (Fsp3) is 0.417. The first-order chi connectivity index (χ1) is 7.65. The number of carbonyl (C=O) groups excluding carboxylic acids is 1. The van der Waals surface area contributed by atoms with Gasteiger partial charge in [-0.05, 0) is 23.8 Å². The smallest absolute Gasteiger partial charge is 0.147 e. The normalized spacial score (nSPS) is 10.4.